The Morgan fingerprint density at radius 2 is 2.15 bits per heavy atom. The number of nitrogens with zero attached hydrogens (tertiary/aromatic N) is 5. The number of hydrogen-bond donors (Lipinski definition) is 2. The maximum atomic E-state index is 11.2. The van der Waals surface area contributed by atoms with E-state index in [1.807, 2.05) is 6.07 Å². The Morgan fingerprint density at radius 3 is 2.96 bits per heavy atom. The van der Waals surface area contributed by atoms with Crippen LogP contribution in [0, 0.1) is 0 Å². The molecular weight excluding hydrogens is 352 g/mol. The summed E-state index contributed by atoms with van der Waals surface area (Å²) in [6.45, 7) is 0.680. The molecular formula is C17H14N6O2S. The number of hydrogen-bond acceptors (Lipinski definition) is 7. The van der Waals surface area contributed by atoms with Crippen LogP contribution in [0.4, 0.5) is 5.13 Å². The van der Waals surface area contributed by atoms with Crippen LogP contribution in [0.3, 0.4) is 0 Å². The fourth-order valence-corrected chi connectivity index (χ4v) is 3.33. The first kappa shape index (κ1) is 16.2. The molecule has 0 aliphatic heterocycles. The van der Waals surface area contributed by atoms with E-state index in [1.54, 1.807) is 47.5 Å². The molecule has 0 radical (unpaired) electrons. The topological polar surface area (TPSA) is 105 Å². The Bertz CT molecular complexity index is 1060. The van der Waals surface area contributed by atoms with Crippen molar-refractivity contribution < 1.29 is 9.90 Å². The molecule has 0 unspecified atom stereocenters. The number of nitrogens with one attached hydrogen (secondary N) is 1. The lowest BCUT2D eigenvalue weighted by Gasteiger charge is -2.02. The first-order chi connectivity index (χ1) is 12.7. The van der Waals surface area contributed by atoms with Crippen LogP contribution in [-0.4, -0.2) is 42.2 Å². The highest BCUT2D eigenvalue weighted by atomic mass is 32.1. The van der Waals surface area contributed by atoms with Crippen LogP contribution in [-0.2, 0) is 6.42 Å². The molecule has 2 N–H and O–H groups in total. The van der Waals surface area contributed by atoms with E-state index in [-0.39, 0.29) is 5.56 Å². The number of carboxylic acid groups (broad SMARTS) is 1. The Morgan fingerprint density at radius 1 is 1.23 bits per heavy atom. The molecule has 1 aromatic carbocycles. The maximum Gasteiger partial charge on any atom is 0.335 e. The normalized spacial score (nSPS) is 10.9. The number of benzene rings is 1. The molecule has 130 valence electrons. The minimum absolute atomic E-state index is 0.231. The molecule has 3 heterocycles. The summed E-state index contributed by atoms with van der Waals surface area (Å²) >= 11 is 1.44. The zero-order valence-electron chi connectivity index (χ0n) is 13.5. The van der Waals surface area contributed by atoms with Gasteiger partial charge >= 0.3 is 5.97 Å². The smallest absolute Gasteiger partial charge is 0.335 e. The number of carbonyl (C=O) groups is 1. The van der Waals surface area contributed by atoms with E-state index < -0.39 is 5.97 Å². The summed E-state index contributed by atoms with van der Waals surface area (Å²) in [6, 6.07) is 6.73. The van der Waals surface area contributed by atoms with Crippen LogP contribution in [0.5, 0.6) is 0 Å². The van der Waals surface area contributed by atoms with Crippen molar-refractivity contribution in [3.8, 4) is 11.3 Å². The van der Waals surface area contributed by atoms with Crippen LogP contribution in [0.15, 0.2) is 49.1 Å². The highest BCUT2D eigenvalue weighted by Gasteiger charge is 2.13. The fraction of sp³-hybridized carbons (Fsp3) is 0.118. The Hall–Kier alpha value is -3.33. The van der Waals surface area contributed by atoms with E-state index in [0.29, 0.717) is 6.54 Å². The minimum atomic E-state index is -0.961. The average molecular weight is 366 g/mol. The lowest BCUT2D eigenvalue weighted by Crippen LogP contribution is -2.06. The van der Waals surface area contributed by atoms with Crippen molar-refractivity contribution in [2.45, 2.75) is 6.42 Å². The predicted octanol–water partition coefficient (Wildman–Crippen LogP) is 2.60. The van der Waals surface area contributed by atoms with E-state index in [2.05, 4.69) is 25.4 Å². The summed E-state index contributed by atoms with van der Waals surface area (Å²) in [4.78, 5) is 24.6. The van der Waals surface area contributed by atoms with Gasteiger partial charge in [0.1, 0.15) is 0 Å². The maximum absolute atomic E-state index is 11.2. The lowest BCUT2D eigenvalue weighted by atomic mass is 10.1. The van der Waals surface area contributed by atoms with Crippen LogP contribution in [0.2, 0.25) is 0 Å². The van der Waals surface area contributed by atoms with Crippen LogP contribution in [0.25, 0.3) is 16.2 Å². The molecule has 0 atom stereocenters. The third kappa shape index (κ3) is 3.24. The number of fused-ring (bicyclic) bond motifs is 1. The van der Waals surface area contributed by atoms with E-state index in [0.717, 1.165) is 33.5 Å². The third-order valence-electron chi connectivity index (χ3n) is 3.76. The molecule has 26 heavy (non-hydrogen) atoms. The molecule has 0 amide bonds. The molecule has 0 saturated carbocycles. The van der Waals surface area contributed by atoms with Crippen LogP contribution >= 0.6 is 11.3 Å². The molecule has 3 aromatic heterocycles. The molecule has 9 heteroatoms. The number of carboxylic acids is 1. The zero-order chi connectivity index (χ0) is 17.9. The molecule has 0 bridgehead atoms. The quantitative estimate of drug-likeness (QED) is 0.540. The van der Waals surface area contributed by atoms with Crippen molar-refractivity contribution in [3.63, 3.8) is 0 Å². The highest BCUT2D eigenvalue weighted by Crippen LogP contribution is 2.26. The fourth-order valence-electron chi connectivity index (χ4n) is 2.53. The highest BCUT2D eigenvalue weighted by molar-refractivity contribution is 7.20. The molecule has 4 rings (SSSR count). The molecule has 0 aliphatic carbocycles. The second-order valence-electron chi connectivity index (χ2n) is 5.50. The summed E-state index contributed by atoms with van der Waals surface area (Å²) in [5.74, 6) is -0.961. The number of imidazole rings is 1. The molecule has 4 aromatic rings. The van der Waals surface area contributed by atoms with E-state index >= 15 is 0 Å². The van der Waals surface area contributed by atoms with Gasteiger partial charge in [-0.05, 0) is 12.1 Å². The van der Waals surface area contributed by atoms with Gasteiger partial charge < -0.3 is 10.4 Å². The lowest BCUT2D eigenvalue weighted by molar-refractivity contribution is 0.0697. The van der Waals surface area contributed by atoms with Gasteiger partial charge in [-0.3, -0.25) is 9.97 Å². The van der Waals surface area contributed by atoms with Gasteiger partial charge in [0.25, 0.3) is 0 Å². The second kappa shape index (κ2) is 6.89. The van der Waals surface area contributed by atoms with Gasteiger partial charge in [0.2, 0.25) is 10.1 Å². The largest absolute Gasteiger partial charge is 0.478 e. The van der Waals surface area contributed by atoms with Gasteiger partial charge in [-0.2, -0.15) is 0 Å². The van der Waals surface area contributed by atoms with Crippen molar-refractivity contribution in [2.75, 3.05) is 11.9 Å². The van der Waals surface area contributed by atoms with Crippen molar-refractivity contribution in [1.82, 2.24) is 24.6 Å². The number of aromatic nitrogens is 5. The van der Waals surface area contributed by atoms with Crippen LogP contribution < -0.4 is 5.32 Å². The van der Waals surface area contributed by atoms with E-state index in [4.69, 9.17) is 5.11 Å². The van der Waals surface area contributed by atoms with E-state index in [9.17, 15) is 4.79 Å². The number of aromatic carboxylic acids is 1. The van der Waals surface area contributed by atoms with Crippen molar-refractivity contribution in [2.24, 2.45) is 0 Å². The zero-order valence-corrected chi connectivity index (χ0v) is 14.3. The predicted molar refractivity (Wildman–Crippen MR) is 97.5 cm³/mol. The molecule has 0 fully saturated rings. The first-order valence-corrected chi connectivity index (χ1v) is 8.69. The van der Waals surface area contributed by atoms with Crippen molar-refractivity contribution >= 4 is 27.4 Å². The Kier molecular flexibility index (Phi) is 4.28. The Balaban J connectivity index is 1.53. The summed E-state index contributed by atoms with van der Waals surface area (Å²) in [5.41, 5.74) is 2.65. The van der Waals surface area contributed by atoms with Crippen molar-refractivity contribution in [1.29, 1.82) is 0 Å². The van der Waals surface area contributed by atoms with Crippen LogP contribution in [0.1, 0.15) is 16.1 Å². The molecule has 0 aliphatic rings. The van der Waals surface area contributed by atoms with Gasteiger partial charge in [-0.15, -0.1) is 5.10 Å². The second-order valence-corrected chi connectivity index (χ2v) is 6.46. The third-order valence-corrected chi connectivity index (χ3v) is 4.64. The van der Waals surface area contributed by atoms with E-state index in [1.165, 1.54) is 11.3 Å². The number of anilines is 1. The summed E-state index contributed by atoms with van der Waals surface area (Å²) < 4.78 is 1.72. The first-order valence-electron chi connectivity index (χ1n) is 7.88. The standard InChI is InChI=1S/C17H14N6O2S/c24-15(25)12-3-1-2-11(8-12)14-10-21-17-23(14)22-16(26-17)20-5-4-13-9-18-6-7-19-13/h1-3,6-10H,4-5H2,(H,20,22)(H,24,25). The van der Waals surface area contributed by atoms with Gasteiger partial charge in [-0.1, -0.05) is 23.5 Å². The monoisotopic (exact) mass is 366 g/mol. The van der Waals surface area contributed by atoms with Gasteiger partial charge in [-0.25, -0.2) is 14.3 Å². The summed E-state index contributed by atoms with van der Waals surface area (Å²) in [5, 5.41) is 17.7. The molecule has 8 nitrogen and oxygen atoms in total. The SMILES string of the molecule is O=C(O)c1cccc(-c2cnc3sc(NCCc4cnccn4)nn23)c1. The molecule has 0 spiro atoms. The van der Waals surface area contributed by atoms with Gasteiger partial charge in [0.05, 0.1) is 23.1 Å². The Labute approximate surface area is 152 Å². The summed E-state index contributed by atoms with van der Waals surface area (Å²) in [6.07, 6.45) is 7.49. The minimum Gasteiger partial charge on any atom is -0.478 e. The average Bonchev–Trinajstić information content (AvgIpc) is 3.23. The van der Waals surface area contributed by atoms with Gasteiger partial charge in [0.15, 0.2) is 0 Å². The number of rotatable bonds is 6. The van der Waals surface area contributed by atoms with Gasteiger partial charge in [0, 0.05) is 37.1 Å². The van der Waals surface area contributed by atoms with Crippen molar-refractivity contribution in [3.05, 3.63) is 60.3 Å². The summed E-state index contributed by atoms with van der Waals surface area (Å²) in [7, 11) is 0. The molecule has 0 saturated heterocycles.